The number of fused-ring (bicyclic) bond motifs is 1. The standard InChI is InChI=1S/C24H25N3O3/c1-17(30-24(29)20-7-8-21-22(16-20)26-12-11-25-21)23(28)27-13-9-19(10-14-27)15-18-5-3-2-4-6-18/h2-8,11-12,16-17,19H,9-10,13-15H2,1H3/t17-/m0/s1. The number of esters is 1. The molecule has 154 valence electrons. The Balaban J connectivity index is 1.30. The van der Waals surface area contributed by atoms with Gasteiger partial charge in [-0.2, -0.15) is 0 Å². The van der Waals surface area contributed by atoms with Crippen molar-refractivity contribution in [2.45, 2.75) is 32.3 Å². The monoisotopic (exact) mass is 403 g/mol. The number of hydrogen-bond acceptors (Lipinski definition) is 5. The van der Waals surface area contributed by atoms with Crippen LogP contribution in [0, 0.1) is 5.92 Å². The quantitative estimate of drug-likeness (QED) is 0.608. The fraction of sp³-hybridized carbons (Fsp3) is 0.333. The largest absolute Gasteiger partial charge is 0.449 e. The number of rotatable bonds is 5. The molecule has 1 atom stereocenters. The van der Waals surface area contributed by atoms with E-state index in [2.05, 4.69) is 34.2 Å². The predicted molar refractivity (Wildman–Crippen MR) is 114 cm³/mol. The Hall–Kier alpha value is -3.28. The summed E-state index contributed by atoms with van der Waals surface area (Å²) in [6, 6.07) is 15.5. The summed E-state index contributed by atoms with van der Waals surface area (Å²) in [5.41, 5.74) is 3.02. The molecule has 0 saturated carbocycles. The summed E-state index contributed by atoms with van der Waals surface area (Å²) >= 11 is 0. The van der Waals surface area contributed by atoms with Crippen molar-refractivity contribution in [2.75, 3.05) is 13.1 Å². The van der Waals surface area contributed by atoms with Crippen LogP contribution in [0.15, 0.2) is 60.9 Å². The molecule has 1 aromatic heterocycles. The lowest BCUT2D eigenvalue weighted by atomic mass is 9.90. The maximum absolute atomic E-state index is 12.8. The van der Waals surface area contributed by atoms with Gasteiger partial charge in [-0.05, 0) is 55.9 Å². The number of aromatic nitrogens is 2. The average Bonchev–Trinajstić information content (AvgIpc) is 2.79. The second kappa shape index (κ2) is 9.03. The minimum absolute atomic E-state index is 0.137. The van der Waals surface area contributed by atoms with Gasteiger partial charge in [0.25, 0.3) is 5.91 Å². The minimum Gasteiger partial charge on any atom is -0.449 e. The Morgan fingerprint density at radius 1 is 1.03 bits per heavy atom. The molecule has 1 saturated heterocycles. The van der Waals surface area contributed by atoms with Gasteiger partial charge in [-0.3, -0.25) is 14.8 Å². The summed E-state index contributed by atoms with van der Waals surface area (Å²) in [6.45, 7) is 3.03. The lowest BCUT2D eigenvalue weighted by molar-refractivity contribution is -0.141. The van der Waals surface area contributed by atoms with Crippen molar-refractivity contribution < 1.29 is 14.3 Å². The highest BCUT2D eigenvalue weighted by atomic mass is 16.5. The second-order valence-corrected chi connectivity index (χ2v) is 7.77. The van der Waals surface area contributed by atoms with Gasteiger partial charge < -0.3 is 9.64 Å². The van der Waals surface area contributed by atoms with Crippen LogP contribution in [0.5, 0.6) is 0 Å². The Morgan fingerprint density at radius 2 is 1.73 bits per heavy atom. The Labute approximate surface area is 175 Å². The number of likely N-dealkylation sites (tertiary alicyclic amines) is 1. The van der Waals surface area contributed by atoms with Crippen molar-refractivity contribution in [3.05, 3.63) is 72.1 Å². The van der Waals surface area contributed by atoms with Gasteiger partial charge in [-0.1, -0.05) is 30.3 Å². The van der Waals surface area contributed by atoms with Gasteiger partial charge in [0, 0.05) is 25.5 Å². The Morgan fingerprint density at radius 3 is 2.47 bits per heavy atom. The number of carbonyl (C=O) groups is 2. The van der Waals surface area contributed by atoms with Crippen molar-refractivity contribution in [3.63, 3.8) is 0 Å². The molecule has 30 heavy (non-hydrogen) atoms. The van der Waals surface area contributed by atoms with E-state index >= 15 is 0 Å². The molecule has 0 N–H and O–H groups in total. The highest BCUT2D eigenvalue weighted by molar-refractivity contribution is 5.95. The number of amides is 1. The molecule has 1 amide bonds. The SMILES string of the molecule is C[C@H](OC(=O)c1ccc2nccnc2c1)C(=O)N1CCC(Cc2ccccc2)CC1. The van der Waals surface area contributed by atoms with Gasteiger partial charge >= 0.3 is 5.97 Å². The minimum atomic E-state index is -0.819. The van der Waals surface area contributed by atoms with Crippen molar-refractivity contribution in [1.82, 2.24) is 14.9 Å². The number of benzene rings is 2. The van der Waals surface area contributed by atoms with E-state index in [4.69, 9.17) is 4.74 Å². The molecule has 1 aliphatic heterocycles. The molecule has 1 aliphatic rings. The molecule has 1 fully saturated rings. The van der Waals surface area contributed by atoms with E-state index in [1.165, 1.54) is 5.56 Å². The lowest BCUT2D eigenvalue weighted by Crippen LogP contribution is -2.44. The molecular weight excluding hydrogens is 378 g/mol. The smallest absolute Gasteiger partial charge is 0.338 e. The van der Waals surface area contributed by atoms with Gasteiger partial charge in [0.1, 0.15) is 0 Å². The normalized spacial score (nSPS) is 15.7. The summed E-state index contributed by atoms with van der Waals surface area (Å²) in [5.74, 6) is -0.0857. The first-order valence-electron chi connectivity index (χ1n) is 10.3. The lowest BCUT2D eigenvalue weighted by Gasteiger charge is -2.33. The molecule has 0 bridgehead atoms. The first-order valence-corrected chi connectivity index (χ1v) is 10.3. The van der Waals surface area contributed by atoms with Crippen LogP contribution in [-0.4, -0.2) is 45.9 Å². The summed E-state index contributed by atoms with van der Waals surface area (Å²) in [7, 11) is 0. The van der Waals surface area contributed by atoms with E-state index in [9.17, 15) is 9.59 Å². The van der Waals surface area contributed by atoms with Crippen molar-refractivity contribution in [3.8, 4) is 0 Å². The molecule has 3 aromatic rings. The van der Waals surface area contributed by atoms with Crippen LogP contribution in [0.3, 0.4) is 0 Å². The van der Waals surface area contributed by atoms with Crippen LogP contribution in [0.1, 0.15) is 35.7 Å². The number of nitrogens with zero attached hydrogens (tertiary/aromatic N) is 3. The number of piperidine rings is 1. The van der Waals surface area contributed by atoms with E-state index in [1.54, 1.807) is 37.5 Å². The third-order valence-electron chi connectivity index (χ3n) is 5.63. The van der Waals surface area contributed by atoms with Crippen LogP contribution >= 0.6 is 0 Å². The summed E-state index contributed by atoms with van der Waals surface area (Å²) in [5, 5.41) is 0. The topological polar surface area (TPSA) is 72.4 Å². The number of carbonyl (C=O) groups excluding carboxylic acids is 2. The fourth-order valence-electron chi connectivity index (χ4n) is 3.93. The van der Waals surface area contributed by atoms with Crippen molar-refractivity contribution in [1.29, 1.82) is 0 Å². The molecular formula is C24H25N3O3. The van der Waals surface area contributed by atoms with Crippen molar-refractivity contribution >= 4 is 22.9 Å². The highest BCUT2D eigenvalue weighted by Crippen LogP contribution is 2.22. The third-order valence-corrected chi connectivity index (χ3v) is 5.63. The van der Waals surface area contributed by atoms with E-state index in [0.29, 0.717) is 35.6 Å². The molecule has 0 radical (unpaired) electrons. The summed E-state index contributed by atoms with van der Waals surface area (Å²) in [6.07, 6.45) is 5.32. The van der Waals surface area contributed by atoms with E-state index < -0.39 is 12.1 Å². The molecule has 0 aliphatic carbocycles. The zero-order chi connectivity index (χ0) is 20.9. The van der Waals surface area contributed by atoms with Crippen molar-refractivity contribution in [2.24, 2.45) is 5.92 Å². The Bertz CT molecular complexity index is 1030. The van der Waals surface area contributed by atoms with Gasteiger partial charge in [-0.25, -0.2) is 4.79 Å². The number of ether oxygens (including phenoxy) is 1. The maximum atomic E-state index is 12.8. The average molecular weight is 403 g/mol. The van der Waals surface area contributed by atoms with Gasteiger partial charge in [0.05, 0.1) is 16.6 Å². The molecule has 4 rings (SSSR count). The van der Waals surface area contributed by atoms with Crippen LogP contribution in [0.4, 0.5) is 0 Å². The van der Waals surface area contributed by atoms with E-state index in [-0.39, 0.29) is 5.91 Å². The first kappa shape index (κ1) is 20.0. The Kier molecular flexibility index (Phi) is 6.02. The van der Waals surface area contributed by atoms with E-state index in [0.717, 1.165) is 19.3 Å². The van der Waals surface area contributed by atoms with Gasteiger partial charge in [-0.15, -0.1) is 0 Å². The maximum Gasteiger partial charge on any atom is 0.338 e. The van der Waals surface area contributed by atoms with Gasteiger partial charge in [0.2, 0.25) is 0 Å². The molecule has 0 spiro atoms. The molecule has 6 heteroatoms. The van der Waals surface area contributed by atoms with E-state index in [1.807, 2.05) is 11.0 Å². The predicted octanol–water partition coefficient (Wildman–Crippen LogP) is 3.66. The summed E-state index contributed by atoms with van der Waals surface area (Å²) < 4.78 is 5.44. The second-order valence-electron chi connectivity index (χ2n) is 7.77. The number of hydrogen-bond donors (Lipinski definition) is 0. The van der Waals surface area contributed by atoms with Crippen LogP contribution in [0.2, 0.25) is 0 Å². The molecule has 6 nitrogen and oxygen atoms in total. The zero-order valence-corrected chi connectivity index (χ0v) is 17.0. The van der Waals surface area contributed by atoms with Gasteiger partial charge in [0.15, 0.2) is 6.10 Å². The highest BCUT2D eigenvalue weighted by Gasteiger charge is 2.28. The van der Waals surface area contributed by atoms with Crippen LogP contribution in [0.25, 0.3) is 11.0 Å². The first-order chi connectivity index (χ1) is 14.6. The van der Waals surface area contributed by atoms with Crippen LogP contribution < -0.4 is 0 Å². The molecule has 2 aromatic carbocycles. The summed E-state index contributed by atoms with van der Waals surface area (Å²) in [4.78, 5) is 35.5. The zero-order valence-electron chi connectivity index (χ0n) is 17.0. The van der Waals surface area contributed by atoms with Crippen LogP contribution in [-0.2, 0) is 16.0 Å². The third kappa shape index (κ3) is 4.64. The fourth-order valence-corrected chi connectivity index (χ4v) is 3.93. The molecule has 0 unspecified atom stereocenters. The molecule has 2 heterocycles.